The Bertz CT molecular complexity index is 1240. The largest absolute Gasteiger partial charge is 0.507 e. The fraction of sp³-hybridized carbons (Fsp3) is 0.273. The molecule has 0 spiro atoms. The lowest BCUT2D eigenvalue weighted by Gasteiger charge is -2.26. The van der Waals surface area contributed by atoms with Gasteiger partial charge < -0.3 is 14.6 Å². The van der Waals surface area contributed by atoms with Crippen LogP contribution in [0.5, 0.6) is 11.5 Å². The maximum absolute atomic E-state index is 13.2. The number of piperidine rings is 1. The molecule has 2 aromatic heterocycles. The monoisotopic (exact) mass is 408 g/mol. The molecule has 1 aliphatic heterocycles. The van der Waals surface area contributed by atoms with Crippen LogP contribution in [0.15, 0.2) is 45.8 Å². The van der Waals surface area contributed by atoms with Crippen molar-refractivity contribution in [3.05, 3.63) is 52.4 Å². The molecule has 0 atom stereocenters. The maximum atomic E-state index is 13.2. The summed E-state index contributed by atoms with van der Waals surface area (Å²) in [7, 11) is 0. The number of hydrogen-bond donors (Lipinski definition) is 2. The maximum Gasteiger partial charge on any atom is 0.206 e. The summed E-state index contributed by atoms with van der Waals surface area (Å²) in [5.74, 6) is -0.340. The van der Waals surface area contributed by atoms with Gasteiger partial charge in [0.1, 0.15) is 33.7 Å². The second kappa shape index (κ2) is 7.17. The van der Waals surface area contributed by atoms with Crippen LogP contribution in [-0.2, 0) is 6.54 Å². The Kier molecular flexibility index (Phi) is 4.49. The molecule has 1 fully saturated rings. The van der Waals surface area contributed by atoms with Crippen LogP contribution in [0.1, 0.15) is 24.8 Å². The molecular formula is C22H20N2O4S. The summed E-state index contributed by atoms with van der Waals surface area (Å²) >= 11 is 1.40. The average Bonchev–Trinajstić information content (AvgIpc) is 3.15. The molecular weight excluding hydrogens is 388 g/mol. The Labute approximate surface area is 170 Å². The first kappa shape index (κ1) is 18.1. The van der Waals surface area contributed by atoms with E-state index >= 15 is 0 Å². The number of rotatable bonds is 3. The summed E-state index contributed by atoms with van der Waals surface area (Å²) in [6, 6.07) is 8.90. The number of benzene rings is 2. The number of nitrogens with zero attached hydrogens (tertiary/aromatic N) is 2. The van der Waals surface area contributed by atoms with E-state index in [2.05, 4.69) is 9.88 Å². The number of hydrogen-bond acceptors (Lipinski definition) is 7. The van der Waals surface area contributed by atoms with Crippen molar-refractivity contribution in [2.45, 2.75) is 25.8 Å². The van der Waals surface area contributed by atoms with Crippen LogP contribution in [0.4, 0.5) is 0 Å². The van der Waals surface area contributed by atoms with Gasteiger partial charge in [-0.3, -0.25) is 9.69 Å². The van der Waals surface area contributed by atoms with Crippen molar-refractivity contribution in [2.24, 2.45) is 0 Å². The second-order valence-corrected chi connectivity index (χ2v) is 8.43. The van der Waals surface area contributed by atoms with Crippen molar-refractivity contribution in [3.63, 3.8) is 0 Å². The van der Waals surface area contributed by atoms with Crippen molar-refractivity contribution in [1.82, 2.24) is 9.88 Å². The van der Waals surface area contributed by atoms with Gasteiger partial charge in [0.2, 0.25) is 5.43 Å². The van der Waals surface area contributed by atoms with Crippen molar-refractivity contribution in [3.8, 4) is 22.1 Å². The number of phenols is 2. The van der Waals surface area contributed by atoms with E-state index in [1.54, 1.807) is 0 Å². The van der Waals surface area contributed by atoms with E-state index in [4.69, 9.17) is 4.42 Å². The number of thiazole rings is 1. The van der Waals surface area contributed by atoms with Crippen LogP contribution < -0.4 is 5.43 Å². The average molecular weight is 408 g/mol. The van der Waals surface area contributed by atoms with E-state index in [1.807, 2.05) is 24.3 Å². The number of likely N-dealkylation sites (tertiary alicyclic amines) is 1. The molecule has 0 unspecified atom stereocenters. The quantitative estimate of drug-likeness (QED) is 0.520. The third-order valence-corrected chi connectivity index (χ3v) is 6.53. The highest BCUT2D eigenvalue weighted by molar-refractivity contribution is 7.21. The lowest BCUT2D eigenvalue weighted by atomic mass is 10.0. The molecule has 29 heavy (non-hydrogen) atoms. The highest BCUT2D eigenvalue weighted by Crippen LogP contribution is 2.36. The number of fused-ring (bicyclic) bond motifs is 2. The molecule has 0 saturated carbocycles. The minimum Gasteiger partial charge on any atom is -0.507 e. The molecule has 0 amide bonds. The zero-order chi connectivity index (χ0) is 20.0. The van der Waals surface area contributed by atoms with E-state index in [0.29, 0.717) is 22.7 Å². The molecule has 2 aromatic carbocycles. The third-order valence-electron chi connectivity index (χ3n) is 5.46. The zero-order valence-electron chi connectivity index (χ0n) is 15.7. The Balaban J connectivity index is 1.66. The molecule has 2 N–H and O–H groups in total. The topological polar surface area (TPSA) is 86.8 Å². The summed E-state index contributed by atoms with van der Waals surface area (Å²) in [6.45, 7) is 2.36. The van der Waals surface area contributed by atoms with Gasteiger partial charge >= 0.3 is 0 Å². The van der Waals surface area contributed by atoms with Crippen LogP contribution in [0.25, 0.3) is 31.8 Å². The van der Waals surface area contributed by atoms with Gasteiger partial charge in [0.05, 0.1) is 21.3 Å². The van der Waals surface area contributed by atoms with Crippen molar-refractivity contribution in [1.29, 1.82) is 0 Å². The summed E-state index contributed by atoms with van der Waals surface area (Å²) in [5.41, 5.74) is 1.55. The van der Waals surface area contributed by atoms with E-state index in [0.717, 1.165) is 36.1 Å². The SMILES string of the molecule is O=c1c(-c2nc3ccccc3s2)coc2c(CN3CCCCC3)c(O)cc(O)c12. The Morgan fingerprint density at radius 3 is 2.69 bits per heavy atom. The van der Waals surface area contributed by atoms with E-state index in [-0.39, 0.29) is 27.9 Å². The molecule has 7 heteroatoms. The van der Waals surface area contributed by atoms with Gasteiger partial charge in [-0.15, -0.1) is 11.3 Å². The highest BCUT2D eigenvalue weighted by Gasteiger charge is 2.22. The van der Waals surface area contributed by atoms with E-state index in [1.165, 1.54) is 30.1 Å². The number of phenolic OH excluding ortho intramolecular Hbond substituents is 2. The molecule has 4 aromatic rings. The van der Waals surface area contributed by atoms with Crippen molar-refractivity contribution < 1.29 is 14.6 Å². The lowest BCUT2D eigenvalue weighted by molar-refractivity contribution is 0.218. The van der Waals surface area contributed by atoms with E-state index < -0.39 is 0 Å². The normalized spacial score (nSPS) is 15.3. The van der Waals surface area contributed by atoms with Crippen LogP contribution in [0.3, 0.4) is 0 Å². The molecule has 148 valence electrons. The Morgan fingerprint density at radius 1 is 1.10 bits per heavy atom. The smallest absolute Gasteiger partial charge is 0.206 e. The van der Waals surface area contributed by atoms with E-state index in [9.17, 15) is 15.0 Å². The van der Waals surface area contributed by atoms with Crippen LogP contribution in [0.2, 0.25) is 0 Å². The molecule has 0 radical (unpaired) electrons. The lowest BCUT2D eigenvalue weighted by Crippen LogP contribution is -2.29. The summed E-state index contributed by atoms with van der Waals surface area (Å²) in [6.07, 6.45) is 4.82. The predicted octanol–water partition coefficient (Wildman–Crippen LogP) is 4.47. The molecule has 0 aliphatic carbocycles. The van der Waals surface area contributed by atoms with Gasteiger partial charge in [-0.1, -0.05) is 18.6 Å². The molecule has 6 nitrogen and oxygen atoms in total. The standard InChI is InChI=1S/C22H20N2O4S/c25-16-10-17(26)19-20(27)14(22-23-15-6-2-3-7-18(15)29-22)12-28-21(19)13(16)11-24-8-4-1-5-9-24/h2-3,6-7,10,12,25-26H,1,4-5,8-9,11H2. The number of aromatic nitrogens is 1. The van der Waals surface area contributed by atoms with Gasteiger partial charge in [-0.05, 0) is 38.1 Å². The first-order valence-electron chi connectivity index (χ1n) is 9.69. The molecule has 3 heterocycles. The molecule has 0 bridgehead atoms. The Morgan fingerprint density at radius 2 is 1.90 bits per heavy atom. The van der Waals surface area contributed by atoms with Crippen molar-refractivity contribution >= 4 is 32.5 Å². The zero-order valence-corrected chi connectivity index (χ0v) is 16.5. The van der Waals surface area contributed by atoms with Gasteiger partial charge in [-0.2, -0.15) is 0 Å². The van der Waals surface area contributed by atoms with Gasteiger partial charge in [0.25, 0.3) is 0 Å². The first-order valence-corrected chi connectivity index (χ1v) is 10.5. The van der Waals surface area contributed by atoms with Crippen LogP contribution in [-0.4, -0.2) is 33.2 Å². The van der Waals surface area contributed by atoms with Gasteiger partial charge in [-0.25, -0.2) is 4.98 Å². The third kappa shape index (κ3) is 3.16. The molecule has 5 rings (SSSR count). The minimum atomic E-state index is -0.345. The number of para-hydroxylation sites is 1. The Hall–Kier alpha value is -2.90. The first-order chi connectivity index (χ1) is 14.1. The van der Waals surface area contributed by atoms with Gasteiger partial charge in [0, 0.05) is 12.6 Å². The van der Waals surface area contributed by atoms with Crippen LogP contribution >= 0.6 is 11.3 Å². The minimum absolute atomic E-state index is 0.0588. The number of aromatic hydroxyl groups is 2. The van der Waals surface area contributed by atoms with Crippen LogP contribution in [0, 0.1) is 0 Å². The molecule has 1 saturated heterocycles. The second-order valence-electron chi connectivity index (χ2n) is 7.40. The fourth-order valence-electron chi connectivity index (χ4n) is 3.96. The highest BCUT2D eigenvalue weighted by atomic mass is 32.1. The summed E-state index contributed by atoms with van der Waals surface area (Å²) < 4.78 is 6.80. The summed E-state index contributed by atoms with van der Waals surface area (Å²) in [5, 5.41) is 21.5. The molecule has 1 aliphatic rings. The van der Waals surface area contributed by atoms with Gasteiger partial charge in [0.15, 0.2) is 0 Å². The summed E-state index contributed by atoms with van der Waals surface area (Å²) in [4.78, 5) is 20.0. The van der Waals surface area contributed by atoms with Crippen molar-refractivity contribution in [2.75, 3.05) is 13.1 Å². The fourth-order valence-corrected chi connectivity index (χ4v) is 4.92. The predicted molar refractivity (Wildman–Crippen MR) is 114 cm³/mol.